The molecular formula is C42H25BN2O2. The van der Waals surface area contributed by atoms with Gasteiger partial charge in [0.25, 0.3) is 6.71 Å². The Kier molecular flexibility index (Phi) is 4.89. The highest BCUT2D eigenvalue weighted by molar-refractivity contribution is 7.00. The van der Waals surface area contributed by atoms with Gasteiger partial charge in [0.05, 0.1) is 11.4 Å². The summed E-state index contributed by atoms with van der Waals surface area (Å²) in [4.78, 5) is 4.84. The van der Waals surface area contributed by atoms with Crippen LogP contribution in [0.2, 0.25) is 0 Å². The summed E-state index contributed by atoms with van der Waals surface area (Å²) in [6.45, 7) is 0.00560. The monoisotopic (exact) mass is 600 g/mol. The van der Waals surface area contributed by atoms with E-state index in [9.17, 15) is 0 Å². The number of hydrogen-bond donors (Lipinski definition) is 0. The molecule has 0 N–H and O–H groups in total. The van der Waals surface area contributed by atoms with E-state index in [1.807, 2.05) is 12.1 Å². The molecule has 0 radical (unpaired) electrons. The number of benzene rings is 7. The Morgan fingerprint density at radius 2 is 1.21 bits per heavy atom. The number of nitrogens with zero attached hydrogens (tertiary/aromatic N) is 2. The first kappa shape index (κ1) is 25.0. The highest BCUT2D eigenvalue weighted by Gasteiger charge is 2.45. The molecule has 47 heavy (non-hydrogen) atoms. The average Bonchev–Trinajstić information content (AvgIpc) is 3.52. The van der Waals surface area contributed by atoms with Gasteiger partial charge in [0, 0.05) is 39.1 Å². The number of rotatable bonds is 2. The van der Waals surface area contributed by atoms with Crippen molar-refractivity contribution in [2.24, 2.45) is 0 Å². The van der Waals surface area contributed by atoms with Crippen LogP contribution in [0.3, 0.4) is 0 Å². The van der Waals surface area contributed by atoms with E-state index in [-0.39, 0.29) is 6.71 Å². The Bertz CT molecular complexity index is 2590. The molecule has 5 heteroatoms. The molecule has 0 bridgehead atoms. The fourth-order valence-electron chi connectivity index (χ4n) is 8.13. The van der Waals surface area contributed by atoms with Gasteiger partial charge in [0.15, 0.2) is 11.5 Å². The summed E-state index contributed by atoms with van der Waals surface area (Å²) in [5.74, 6) is 1.75. The number of furan rings is 1. The van der Waals surface area contributed by atoms with Gasteiger partial charge in [-0.15, -0.1) is 0 Å². The predicted octanol–water partition coefficient (Wildman–Crippen LogP) is 9.44. The number of fused-ring (bicyclic) bond motifs is 9. The second kappa shape index (κ2) is 9.18. The first-order chi connectivity index (χ1) is 23.3. The fraction of sp³-hybridized carbons (Fsp3) is 0. The SMILES string of the molecule is c1ccc(N2c3ccc(-c4cccc5c4oc4ccccc45)cc3B3c4cccc5c4N(c4ccccc4O5)c4cccc2c43)cc1. The van der Waals surface area contributed by atoms with E-state index >= 15 is 0 Å². The van der Waals surface area contributed by atoms with Crippen LogP contribution in [0.5, 0.6) is 11.5 Å². The van der Waals surface area contributed by atoms with Gasteiger partial charge in [-0.1, -0.05) is 97.1 Å². The minimum atomic E-state index is 0.00560. The van der Waals surface area contributed by atoms with Gasteiger partial charge in [0.2, 0.25) is 0 Å². The average molecular weight is 600 g/mol. The number of para-hydroxylation sites is 6. The maximum atomic E-state index is 6.56. The Morgan fingerprint density at radius 3 is 2.15 bits per heavy atom. The molecule has 3 aliphatic heterocycles. The van der Waals surface area contributed by atoms with Gasteiger partial charge in [0.1, 0.15) is 11.2 Å². The van der Waals surface area contributed by atoms with Gasteiger partial charge in [-0.3, -0.25) is 0 Å². The number of anilines is 6. The molecule has 0 fully saturated rings. The Hall–Kier alpha value is -6.20. The molecule has 0 aliphatic carbocycles. The van der Waals surface area contributed by atoms with Crippen LogP contribution in [-0.2, 0) is 0 Å². The molecule has 0 amide bonds. The summed E-state index contributed by atoms with van der Waals surface area (Å²) in [6, 6.07) is 54.0. The van der Waals surface area contributed by atoms with Crippen LogP contribution >= 0.6 is 0 Å². The molecule has 8 aromatic rings. The van der Waals surface area contributed by atoms with Crippen LogP contribution in [-0.4, -0.2) is 6.71 Å². The van der Waals surface area contributed by atoms with Gasteiger partial charge in [-0.2, -0.15) is 0 Å². The summed E-state index contributed by atoms with van der Waals surface area (Å²) in [5.41, 5.74) is 14.7. The molecule has 0 atom stereocenters. The van der Waals surface area contributed by atoms with Crippen LogP contribution in [0.1, 0.15) is 0 Å². The molecule has 4 heterocycles. The van der Waals surface area contributed by atoms with E-state index < -0.39 is 0 Å². The minimum absolute atomic E-state index is 0.00560. The highest BCUT2D eigenvalue weighted by atomic mass is 16.5. The van der Waals surface area contributed by atoms with Gasteiger partial charge in [-0.05, 0) is 76.5 Å². The van der Waals surface area contributed by atoms with Crippen LogP contribution in [0.4, 0.5) is 34.1 Å². The number of hydrogen-bond acceptors (Lipinski definition) is 4. The topological polar surface area (TPSA) is 28.9 Å². The molecule has 4 nitrogen and oxygen atoms in total. The van der Waals surface area contributed by atoms with Crippen molar-refractivity contribution in [3.8, 4) is 22.6 Å². The van der Waals surface area contributed by atoms with E-state index in [0.717, 1.165) is 61.6 Å². The summed E-state index contributed by atoms with van der Waals surface area (Å²) in [5, 5.41) is 2.27. The zero-order chi connectivity index (χ0) is 30.6. The Balaban J connectivity index is 1.22. The van der Waals surface area contributed by atoms with Crippen molar-refractivity contribution in [3.05, 3.63) is 152 Å². The van der Waals surface area contributed by atoms with Crippen molar-refractivity contribution >= 4 is 79.2 Å². The van der Waals surface area contributed by atoms with E-state index in [0.29, 0.717) is 0 Å². The number of ether oxygens (including phenoxy) is 1. The molecule has 0 saturated carbocycles. The minimum Gasteiger partial charge on any atom is -0.455 e. The molecule has 11 rings (SSSR count). The van der Waals surface area contributed by atoms with Gasteiger partial charge >= 0.3 is 0 Å². The van der Waals surface area contributed by atoms with E-state index in [1.54, 1.807) is 0 Å². The fourth-order valence-corrected chi connectivity index (χ4v) is 8.13. The molecule has 0 unspecified atom stereocenters. The normalized spacial score (nSPS) is 13.6. The Labute approximate surface area is 271 Å². The van der Waals surface area contributed by atoms with E-state index in [4.69, 9.17) is 9.15 Å². The molecule has 0 spiro atoms. The molecule has 3 aliphatic rings. The lowest BCUT2D eigenvalue weighted by Gasteiger charge is -2.45. The second-order valence-corrected chi connectivity index (χ2v) is 12.5. The zero-order valence-electron chi connectivity index (χ0n) is 25.2. The van der Waals surface area contributed by atoms with Crippen molar-refractivity contribution in [2.45, 2.75) is 0 Å². The standard InChI is InChI=1S/C42H25BN2O2/c1-2-11-27(12-3-1)44-33-24-23-26(28-14-8-15-30-29-13-4-6-20-37(29)47-42(28)30)25-32(33)43-31-16-9-22-39-41(31)45(34-17-5-7-21-38(34)46-39)36-19-10-18-35(44)40(36)43/h1-25H. The first-order valence-electron chi connectivity index (χ1n) is 16.1. The lowest BCUT2D eigenvalue weighted by molar-refractivity contribution is 0.477. The molecule has 218 valence electrons. The maximum absolute atomic E-state index is 6.56. The zero-order valence-corrected chi connectivity index (χ0v) is 25.2. The van der Waals surface area contributed by atoms with Gasteiger partial charge in [-0.25, -0.2) is 0 Å². The highest BCUT2D eigenvalue weighted by Crippen LogP contribution is 2.52. The lowest BCUT2D eigenvalue weighted by Crippen LogP contribution is -2.61. The van der Waals surface area contributed by atoms with Crippen molar-refractivity contribution in [2.75, 3.05) is 9.80 Å². The molecular weight excluding hydrogens is 575 g/mol. The summed E-state index contributed by atoms with van der Waals surface area (Å²) < 4.78 is 13.1. The third-order valence-electron chi connectivity index (χ3n) is 10.0. The van der Waals surface area contributed by atoms with Crippen LogP contribution < -0.4 is 30.9 Å². The second-order valence-electron chi connectivity index (χ2n) is 12.5. The predicted molar refractivity (Wildman–Crippen MR) is 193 cm³/mol. The summed E-state index contributed by atoms with van der Waals surface area (Å²) in [6.07, 6.45) is 0. The maximum Gasteiger partial charge on any atom is 0.252 e. The summed E-state index contributed by atoms with van der Waals surface area (Å²) >= 11 is 0. The van der Waals surface area contributed by atoms with E-state index in [1.165, 1.54) is 33.5 Å². The van der Waals surface area contributed by atoms with Crippen LogP contribution in [0.15, 0.2) is 156 Å². The van der Waals surface area contributed by atoms with Crippen molar-refractivity contribution < 1.29 is 9.15 Å². The van der Waals surface area contributed by atoms with Gasteiger partial charge < -0.3 is 19.0 Å². The molecule has 7 aromatic carbocycles. The van der Waals surface area contributed by atoms with Crippen molar-refractivity contribution in [1.29, 1.82) is 0 Å². The Morgan fingerprint density at radius 1 is 0.489 bits per heavy atom. The molecule has 0 saturated heterocycles. The third-order valence-corrected chi connectivity index (χ3v) is 10.0. The smallest absolute Gasteiger partial charge is 0.252 e. The third kappa shape index (κ3) is 3.32. The van der Waals surface area contributed by atoms with E-state index in [2.05, 4.69) is 149 Å². The van der Waals surface area contributed by atoms with Crippen LogP contribution in [0, 0.1) is 0 Å². The summed E-state index contributed by atoms with van der Waals surface area (Å²) in [7, 11) is 0. The van der Waals surface area contributed by atoms with Crippen LogP contribution in [0.25, 0.3) is 33.1 Å². The van der Waals surface area contributed by atoms with Crippen molar-refractivity contribution in [1.82, 2.24) is 0 Å². The molecule has 1 aromatic heterocycles. The largest absolute Gasteiger partial charge is 0.455 e. The van der Waals surface area contributed by atoms with Crippen molar-refractivity contribution in [3.63, 3.8) is 0 Å². The quantitative estimate of drug-likeness (QED) is 0.185. The first-order valence-corrected chi connectivity index (χ1v) is 16.1. The lowest BCUT2D eigenvalue weighted by atomic mass is 9.33.